The Kier molecular flexibility index (Phi) is 46.4. The lowest BCUT2D eigenvalue weighted by Gasteiger charge is -2.46. The van der Waals surface area contributed by atoms with Crippen LogP contribution in [0.15, 0.2) is 0 Å². The van der Waals surface area contributed by atoms with Gasteiger partial charge < -0.3 is 65.1 Å². The number of carbonyl (C=O) groups is 1. The molecule has 12 unspecified atom stereocenters. The number of ether oxygens (including phenoxy) is 4. The van der Waals surface area contributed by atoms with Gasteiger partial charge in [-0.3, -0.25) is 4.79 Å². The Hall–Kier alpha value is -1.01. The molecular formula is C63H123NO13. The molecular weight excluding hydrogens is 979 g/mol. The van der Waals surface area contributed by atoms with Crippen LogP contribution in [0.5, 0.6) is 0 Å². The van der Waals surface area contributed by atoms with E-state index in [9.17, 15) is 45.6 Å². The number of rotatable bonds is 54. The van der Waals surface area contributed by atoms with Crippen LogP contribution in [-0.4, -0.2) is 140 Å². The Morgan fingerprint density at radius 2 is 0.740 bits per heavy atom. The molecule has 2 aliphatic heterocycles. The van der Waals surface area contributed by atoms with Gasteiger partial charge in [-0.15, -0.1) is 0 Å². The lowest BCUT2D eigenvalue weighted by atomic mass is 9.97. The van der Waals surface area contributed by atoms with Gasteiger partial charge in [-0.05, 0) is 12.8 Å². The topological polar surface area (TPSA) is 228 Å². The van der Waals surface area contributed by atoms with E-state index in [1.807, 2.05) is 0 Å². The largest absolute Gasteiger partial charge is 0.394 e. The molecule has 2 rings (SSSR count). The first-order valence-corrected chi connectivity index (χ1v) is 32.8. The minimum atomic E-state index is -1.78. The molecule has 0 aromatic rings. The Morgan fingerprint density at radius 3 is 1.10 bits per heavy atom. The summed E-state index contributed by atoms with van der Waals surface area (Å²) in [6, 6.07) is -0.823. The quantitative estimate of drug-likeness (QED) is 0.0259. The molecule has 0 radical (unpaired) electrons. The normalized spacial score (nSPS) is 24.6. The van der Waals surface area contributed by atoms with Crippen LogP contribution in [0.25, 0.3) is 0 Å². The molecule has 0 aromatic heterocycles. The van der Waals surface area contributed by atoms with E-state index in [1.54, 1.807) is 0 Å². The molecule has 0 aromatic carbocycles. The second kappa shape index (κ2) is 49.6. The molecule has 14 heteroatoms. The summed E-state index contributed by atoms with van der Waals surface area (Å²) in [5, 5.41) is 87.5. The van der Waals surface area contributed by atoms with Crippen LogP contribution < -0.4 is 5.32 Å². The molecule has 458 valence electrons. The van der Waals surface area contributed by atoms with Crippen LogP contribution >= 0.6 is 0 Å². The standard InChI is InChI=1S/C63H123NO13/c1-3-5-7-9-11-13-15-17-19-21-23-25-27-28-30-32-34-36-38-40-42-44-46-52(67)51(50-74-62-60(73)58(71)61(54(49-66)76-62)77-63-59(72)57(70)56(69)53(48-65)75-63)64-55(68)47-45-43-41-39-37-35-33-31-29-26-24-22-20-18-16-14-12-10-8-6-4-2/h51-54,56-63,65-67,69-73H,3-50H2,1-2H3,(H,64,68). The van der Waals surface area contributed by atoms with Crippen LogP contribution in [0.1, 0.15) is 303 Å². The number of aliphatic hydroxyl groups is 8. The summed E-state index contributed by atoms with van der Waals surface area (Å²) in [7, 11) is 0. The van der Waals surface area contributed by atoms with E-state index in [0.717, 1.165) is 51.4 Å². The molecule has 0 spiro atoms. The van der Waals surface area contributed by atoms with Crippen LogP contribution in [0, 0.1) is 0 Å². The van der Waals surface area contributed by atoms with Gasteiger partial charge in [-0.1, -0.05) is 284 Å². The van der Waals surface area contributed by atoms with Gasteiger partial charge in [0.25, 0.3) is 0 Å². The summed E-state index contributed by atoms with van der Waals surface area (Å²) in [5.74, 6) is -0.198. The predicted octanol–water partition coefficient (Wildman–Crippen LogP) is 12.1. The van der Waals surface area contributed by atoms with Crippen molar-refractivity contribution in [1.29, 1.82) is 0 Å². The van der Waals surface area contributed by atoms with Crippen molar-refractivity contribution in [2.75, 3.05) is 19.8 Å². The van der Waals surface area contributed by atoms with Crippen LogP contribution in [0.4, 0.5) is 0 Å². The fourth-order valence-corrected chi connectivity index (χ4v) is 11.3. The van der Waals surface area contributed by atoms with E-state index in [1.165, 1.54) is 225 Å². The van der Waals surface area contributed by atoms with E-state index in [2.05, 4.69) is 19.2 Å². The van der Waals surface area contributed by atoms with Crippen LogP contribution in [0.3, 0.4) is 0 Å². The number of unbranched alkanes of at least 4 members (excludes halogenated alkanes) is 41. The van der Waals surface area contributed by atoms with Gasteiger partial charge in [0.2, 0.25) is 5.91 Å². The van der Waals surface area contributed by atoms with Crippen molar-refractivity contribution < 1.29 is 64.6 Å². The zero-order valence-corrected chi connectivity index (χ0v) is 49.5. The average molecular weight is 1100 g/mol. The van der Waals surface area contributed by atoms with Gasteiger partial charge in [0.15, 0.2) is 12.6 Å². The van der Waals surface area contributed by atoms with Crippen molar-refractivity contribution in [1.82, 2.24) is 5.32 Å². The molecule has 77 heavy (non-hydrogen) atoms. The van der Waals surface area contributed by atoms with Crippen molar-refractivity contribution in [2.45, 2.75) is 376 Å². The predicted molar refractivity (Wildman–Crippen MR) is 309 cm³/mol. The second-order valence-electron chi connectivity index (χ2n) is 23.6. The fourth-order valence-electron chi connectivity index (χ4n) is 11.3. The monoisotopic (exact) mass is 1100 g/mol. The molecule has 12 atom stereocenters. The van der Waals surface area contributed by atoms with Crippen molar-refractivity contribution in [2.24, 2.45) is 0 Å². The molecule has 0 saturated carbocycles. The zero-order valence-electron chi connectivity index (χ0n) is 49.5. The molecule has 0 aliphatic carbocycles. The summed E-state index contributed by atoms with van der Waals surface area (Å²) in [5.41, 5.74) is 0. The Morgan fingerprint density at radius 1 is 0.416 bits per heavy atom. The first-order valence-electron chi connectivity index (χ1n) is 32.8. The Bertz CT molecular complexity index is 1300. The summed E-state index contributed by atoms with van der Waals surface area (Å²) in [4.78, 5) is 13.3. The first kappa shape index (κ1) is 72.1. The molecule has 2 saturated heterocycles. The first-order chi connectivity index (χ1) is 37.6. The maximum atomic E-state index is 13.3. The number of carbonyl (C=O) groups excluding carboxylic acids is 1. The molecule has 9 N–H and O–H groups in total. The third-order valence-electron chi connectivity index (χ3n) is 16.6. The van der Waals surface area contributed by atoms with Crippen LogP contribution in [-0.2, 0) is 23.7 Å². The highest BCUT2D eigenvalue weighted by Gasteiger charge is 2.51. The number of amides is 1. The van der Waals surface area contributed by atoms with Gasteiger partial charge in [0.1, 0.15) is 48.8 Å². The van der Waals surface area contributed by atoms with E-state index in [-0.39, 0.29) is 12.5 Å². The highest BCUT2D eigenvalue weighted by atomic mass is 16.7. The molecule has 14 nitrogen and oxygen atoms in total. The molecule has 2 aliphatic rings. The SMILES string of the molecule is CCCCCCCCCCCCCCCCCCCCCCCCC(O)C(COC1OC(CO)C(OC2OC(CO)C(O)C(O)C2O)C(O)C1O)NC(=O)CCCCCCCCCCCCCCCCCCCCCCC. The molecule has 2 heterocycles. The maximum Gasteiger partial charge on any atom is 0.220 e. The number of hydrogen-bond acceptors (Lipinski definition) is 13. The Labute approximate surface area is 470 Å². The van der Waals surface area contributed by atoms with Crippen molar-refractivity contribution in [3.05, 3.63) is 0 Å². The molecule has 2 fully saturated rings. The van der Waals surface area contributed by atoms with Crippen molar-refractivity contribution in [3.63, 3.8) is 0 Å². The maximum absolute atomic E-state index is 13.3. The van der Waals surface area contributed by atoms with Gasteiger partial charge in [-0.2, -0.15) is 0 Å². The number of aliphatic hydroxyl groups excluding tert-OH is 8. The fraction of sp³-hybridized carbons (Fsp3) is 0.984. The molecule has 1 amide bonds. The van der Waals surface area contributed by atoms with Gasteiger partial charge in [-0.25, -0.2) is 0 Å². The smallest absolute Gasteiger partial charge is 0.220 e. The lowest BCUT2D eigenvalue weighted by molar-refractivity contribution is -0.359. The third-order valence-corrected chi connectivity index (χ3v) is 16.6. The van der Waals surface area contributed by atoms with E-state index >= 15 is 0 Å². The minimum absolute atomic E-state index is 0.198. The van der Waals surface area contributed by atoms with E-state index in [4.69, 9.17) is 18.9 Å². The zero-order chi connectivity index (χ0) is 56.0. The average Bonchev–Trinajstić information content (AvgIpc) is 3.44. The third kappa shape index (κ3) is 34.9. The highest BCUT2D eigenvalue weighted by Crippen LogP contribution is 2.30. The van der Waals surface area contributed by atoms with Gasteiger partial charge in [0, 0.05) is 6.42 Å². The van der Waals surface area contributed by atoms with E-state index in [0.29, 0.717) is 12.8 Å². The van der Waals surface area contributed by atoms with Gasteiger partial charge >= 0.3 is 0 Å². The summed E-state index contributed by atoms with van der Waals surface area (Å²) in [6.45, 7) is 2.92. The number of hydrogen-bond donors (Lipinski definition) is 9. The van der Waals surface area contributed by atoms with Crippen molar-refractivity contribution >= 4 is 5.91 Å². The summed E-state index contributed by atoms with van der Waals surface area (Å²) >= 11 is 0. The van der Waals surface area contributed by atoms with E-state index < -0.39 is 86.8 Å². The molecule has 0 bridgehead atoms. The number of nitrogens with one attached hydrogen (secondary N) is 1. The highest BCUT2D eigenvalue weighted by molar-refractivity contribution is 5.76. The second-order valence-corrected chi connectivity index (χ2v) is 23.6. The Balaban J connectivity index is 1.71. The van der Waals surface area contributed by atoms with Crippen molar-refractivity contribution in [3.8, 4) is 0 Å². The minimum Gasteiger partial charge on any atom is -0.394 e. The summed E-state index contributed by atoms with van der Waals surface area (Å²) in [6.07, 6.45) is 39.6. The summed E-state index contributed by atoms with van der Waals surface area (Å²) < 4.78 is 22.9. The van der Waals surface area contributed by atoms with Crippen LogP contribution in [0.2, 0.25) is 0 Å². The lowest BCUT2D eigenvalue weighted by Crippen LogP contribution is -2.65. The van der Waals surface area contributed by atoms with Gasteiger partial charge in [0.05, 0.1) is 32.0 Å².